The second kappa shape index (κ2) is 5.37. The SMILES string of the molecule is CC(C)(C)c1ccc(C(=O)c2ccc(F)cc2Cl)cc1. The van der Waals surface area contributed by atoms with Crippen molar-refractivity contribution in [1.29, 1.82) is 0 Å². The topological polar surface area (TPSA) is 17.1 Å². The molecule has 0 fully saturated rings. The maximum Gasteiger partial charge on any atom is 0.194 e. The van der Waals surface area contributed by atoms with Gasteiger partial charge in [0.05, 0.1) is 5.02 Å². The summed E-state index contributed by atoms with van der Waals surface area (Å²) in [6.07, 6.45) is 0. The number of rotatable bonds is 2. The van der Waals surface area contributed by atoms with Gasteiger partial charge in [0.2, 0.25) is 0 Å². The lowest BCUT2D eigenvalue weighted by Crippen LogP contribution is -2.11. The van der Waals surface area contributed by atoms with E-state index in [0.717, 1.165) is 11.6 Å². The van der Waals surface area contributed by atoms with Crippen LogP contribution in [0.2, 0.25) is 5.02 Å². The Morgan fingerprint density at radius 2 is 1.65 bits per heavy atom. The Balaban J connectivity index is 2.34. The molecular formula is C17H16ClFO. The molecule has 0 aromatic heterocycles. The summed E-state index contributed by atoms with van der Waals surface area (Å²) in [6, 6.07) is 11.2. The molecule has 2 rings (SSSR count). The summed E-state index contributed by atoms with van der Waals surface area (Å²) in [5.74, 6) is -0.648. The fourth-order valence-corrected chi connectivity index (χ4v) is 2.20. The van der Waals surface area contributed by atoms with Crippen molar-refractivity contribution in [3.05, 3.63) is 70.0 Å². The molecule has 0 spiro atoms. The van der Waals surface area contributed by atoms with Gasteiger partial charge in [0, 0.05) is 11.1 Å². The molecule has 0 aliphatic rings. The number of hydrogen-bond donors (Lipinski definition) is 0. The molecule has 0 bridgehead atoms. The minimum atomic E-state index is -0.449. The van der Waals surface area contributed by atoms with Gasteiger partial charge in [-0.25, -0.2) is 4.39 Å². The Bertz CT molecular complexity index is 639. The van der Waals surface area contributed by atoms with Gasteiger partial charge in [0.25, 0.3) is 0 Å². The summed E-state index contributed by atoms with van der Waals surface area (Å²) in [6.45, 7) is 6.34. The van der Waals surface area contributed by atoms with Crippen LogP contribution in [0.25, 0.3) is 0 Å². The van der Waals surface area contributed by atoms with Gasteiger partial charge in [0.1, 0.15) is 5.82 Å². The third kappa shape index (κ3) is 3.07. The predicted molar refractivity (Wildman–Crippen MR) is 80.0 cm³/mol. The average Bonchev–Trinajstić information content (AvgIpc) is 2.37. The van der Waals surface area contributed by atoms with E-state index >= 15 is 0 Å². The molecule has 0 atom stereocenters. The van der Waals surface area contributed by atoms with Gasteiger partial charge >= 0.3 is 0 Å². The smallest absolute Gasteiger partial charge is 0.194 e. The first kappa shape index (κ1) is 14.7. The van der Waals surface area contributed by atoms with Crippen LogP contribution < -0.4 is 0 Å². The minimum Gasteiger partial charge on any atom is -0.289 e. The molecule has 2 aromatic carbocycles. The molecule has 0 saturated carbocycles. The molecule has 0 radical (unpaired) electrons. The Labute approximate surface area is 123 Å². The van der Waals surface area contributed by atoms with Crippen LogP contribution in [0.1, 0.15) is 42.3 Å². The van der Waals surface area contributed by atoms with Crippen molar-refractivity contribution in [2.45, 2.75) is 26.2 Å². The quantitative estimate of drug-likeness (QED) is 0.711. The highest BCUT2D eigenvalue weighted by molar-refractivity contribution is 6.35. The van der Waals surface area contributed by atoms with Gasteiger partial charge in [-0.2, -0.15) is 0 Å². The fraction of sp³-hybridized carbons (Fsp3) is 0.235. The molecule has 0 unspecified atom stereocenters. The van der Waals surface area contributed by atoms with Gasteiger partial charge in [0.15, 0.2) is 5.78 Å². The molecule has 0 aliphatic heterocycles. The van der Waals surface area contributed by atoms with Gasteiger partial charge in [-0.15, -0.1) is 0 Å². The fourth-order valence-electron chi connectivity index (χ4n) is 1.95. The first-order chi connectivity index (χ1) is 9.29. The van der Waals surface area contributed by atoms with E-state index < -0.39 is 5.82 Å². The van der Waals surface area contributed by atoms with E-state index in [0.29, 0.717) is 11.1 Å². The van der Waals surface area contributed by atoms with Crippen molar-refractivity contribution >= 4 is 17.4 Å². The van der Waals surface area contributed by atoms with Crippen LogP contribution in [0.5, 0.6) is 0 Å². The predicted octanol–water partition coefficient (Wildman–Crippen LogP) is 5.01. The van der Waals surface area contributed by atoms with E-state index in [1.807, 2.05) is 12.1 Å². The number of carbonyl (C=O) groups excluding carboxylic acids is 1. The molecule has 0 N–H and O–H groups in total. The maximum absolute atomic E-state index is 13.0. The highest BCUT2D eigenvalue weighted by atomic mass is 35.5. The van der Waals surface area contributed by atoms with Crippen molar-refractivity contribution < 1.29 is 9.18 Å². The van der Waals surface area contributed by atoms with Crippen LogP contribution in [0.4, 0.5) is 4.39 Å². The Kier molecular flexibility index (Phi) is 3.96. The molecule has 104 valence electrons. The van der Waals surface area contributed by atoms with Crippen molar-refractivity contribution in [1.82, 2.24) is 0 Å². The van der Waals surface area contributed by atoms with Crippen LogP contribution >= 0.6 is 11.6 Å². The summed E-state index contributed by atoms with van der Waals surface area (Å²) in [5, 5.41) is 0.134. The van der Waals surface area contributed by atoms with Crippen molar-refractivity contribution in [2.75, 3.05) is 0 Å². The summed E-state index contributed by atoms with van der Waals surface area (Å²) in [5.41, 5.74) is 2.05. The number of halogens is 2. The van der Waals surface area contributed by atoms with E-state index in [4.69, 9.17) is 11.6 Å². The molecular weight excluding hydrogens is 275 g/mol. The normalized spacial score (nSPS) is 11.4. The molecule has 0 saturated heterocycles. The first-order valence-corrected chi connectivity index (χ1v) is 6.77. The van der Waals surface area contributed by atoms with Crippen LogP contribution in [0.3, 0.4) is 0 Å². The lowest BCUT2D eigenvalue weighted by atomic mass is 9.86. The van der Waals surface area contributed by atoms with Crippen molar-refractivity contribution in [2.24, 2.45) is 0 Å². The highest BCUT2D eigenvalue weighted by Crippen LogP contribution is 2.24. The molecule has 3 heteroatoms. The zero-order chi connectivity index (χ0) is 14.9. The largest absolute Gasteiger partial charge is 0.289 e. The monoisotopic (exact) mass is 290 g/mol. The van der Waals surface area contributed by atoms with Crippen LogP contribution in [-0.2, 0) is 5.41 Å². The second-order valence-corrected chi connectivity index (χ2v) is 6.19. The van der Waals surface area contributed by atoms with Crippen molar-refractivity contribution in [3.8, 4) is 0 Å². The zero-order valence-corrected chi connectivity index (χ0v) is 12.5. The van der Waals surface area contributed by atoms with Crippen LogP contribution in [0.15, 0.2) is 42.5 Å². The Morgan fingerprint density at radius 1 is 1.05 bits per heavy atom. The molecule has 0 heterocycles. The van der Waals surface area contributed by atoms with E-state index in [1.165, 1.54) is 12.1 Å². The first-order valence-electron chi connectivity index (χ1n) is 6.39. The zero-order valence-electron chi connectivity index (χ0n) is 11.7. The Morgan fingerprint density at radius 3 is 2.15 bits per heavy atom. The summed E-state index contributed by atoms with van der Waals surface area (Å²) in [4.78, 5) is 12.3. The third-order valence-electron chi connectivity index (χ3n) is 3.19. The van der Waals surface area contributed by atoms with E-state index in [9.17, 15) is 9.18 Å². The molecule has 0 amide bonds. The summed E-state index contributed by atoms with van der Waals surface area (Å²) < 4.78 is 13.0. The number of carbonyl (C=O) groups is 1. The lowest BCUT2D eigenvalue weighted by molar-refractivity contribution is 0.103. The molecule has 20 heavy (non-hydrogen) atoms. The van der Waals surface area contributed by atoms with Gasteiger partial charge < -0.3 is 0 Å². The number of hydrogen-bond acceptors (Lipinski definition) is 1. The highest BCUT2D eigenvalue weighted by Gasteiger charge is 2.16. The van der Waals surface area contributed by atoms with Gasteiger partial charge in [-0.3, -0.25) is 4.79 Å². The second-order valence-electron chi connectivity index (χ2n) is 5.78. The minimum absolute atomic E-state index is 0.0368. The number of ketones is 1. The van der Waals surface area contributed by atoms with E-state index in [2.05, 4.69) is 20.8 Å². The van der Waals surface area contributed by atoms with Gasteiger partial charge in [-0.05, 0) is 29.2 Å². The third-order valence-corrected chi connectivity index (χ3v) is 3.50. The molecule has 2 aromatic rings. The maximum atomic E-state index is 13.0. The molecule has 0 aliphatic carbocycles. The summed E-state index contributed by atoms with van der Waals surface area (Å²) >= 11 is 5.92. The van der Waals surface area contributed by atoms with Crippen LogP contribution in [-0.4, -0.2) is 5.78 Å². The van der Waals surface area contributed by atoms with Gasteiger partial charge in [-0.1, -0.05) is 56.6 Å². The summed E-state index contributed by atoms with van der Waals surface area (Å²) in [7, 11) is 0. The Hall–Kier alpha value is -1.67. The number of benzene rings is 2. The van der Waals surface area contributed by atoms with E-state index in [-0.39, 0.29) is 16.2 Å². The molecule has 1 nitrogen and oxygen atoms in total. The van der Waals surface area contributed by atoms with Crippen molar-refractivity contribution in [3.63, 3.8) is 0 Å². The lowest BCUT2D eigenvalue weighted by Gasteiger charge is -2.19. The van der Waals surface area contributed by atoms with Crippen LogP contribution in [0, 0.1) is 5.82 Å². The van der Waals surface area contributed by atoms with E-state index in [1.54, 1.807) is 12.1 Å². The average molecular weight is 291 g/mol. The standard InChI is InChI=1S/C17H16ClFO/c1-17(2,3)12-6-4-11(5-7-12)16(20)14-9-8-13(19)10-15(14)18/h4-10H,1-3H3.